The normalized spacial score (nSPS) is 11.4. The first-order chi connectivity index (χ1) is 12.2. The van der Waals surface area contributed by atoms with Gasteiger partial charge in [-0.1, -0.05) is 18.2 Å². The molecule has 5 nitrogen and oxygen atoms in total. The number of benzene rings is 2. The lowest BCUT2D eigenvalue weighted by Gasteiger charge is -2.12. The van der Waals surface area contributed by atoms with Crippen LogP contribution in [0.5, 0.6) is 11.5 Å². The molecule has 0 atom stereocenters. The average molecular weight is 333 g/mol. The molecule has 0 bridgehead atoms. The van der Waals surface area contributed by atoms with Crippen molar-refractivity contribution in [2.45, 2.75) is 13.8 Å². The first-order valence-electron chi connectivity index (χ1n) is 8.04. The molecular formula is C20H19N3O2. The molecule has 25 heavy (non-hydrogen) atoms. The molecule has 0 aliphatic heterocycles. The number of nitriles is 1. The van der Waals surface area contributed by atoms with Crippen LogP contribution in [-0.2, 0) is 0 Å². The zero-order chi connectivity index (χ0) is 17.8. The molecule has 126 valence electrons. The van der Waals surface area contributed by atoms with Crippen LogP contribution >= 0.6 is 0 Å². The van der Waals surface area contributed by atoms with E-state index in [0.29, 0.717) is 29.5 Å². The predicted molar refractivity (Wildman–Crippen MR) is 98.5 cm³/mol. The summed E-state index contributed by atoms with van der Waals surface area (Å²) in [4.78, 5) is 7.73. The van der Waals surface area contributed by atoms with Gasteiger partial charge in [0, 0.05) is 5.56 Å². The monoisotopic (exact) mass is 333 g/mol. The molecule has 0 saturated carbocycles. The van der Waals surface area contributed by atoms with Crippen molar-refractivity contribution in [2.24, 2.45) is 0 Å². The fraction of sp³-hybridized carbons (Fsp3) is 0.200. The topological polar surface area (TPSA) is 70.9 Å². The van der Waals surface area contributed by atoms with Gasteiger partial charge in [-0.15, -0.1) is 0 Å². The van der Waals surface area contributed by atoms with E-state index < -0.39 is 0 Å². The van der Waals surface area contributed by atoms with E-state index in [2.05, 4.69) is 16.0 Å². The Morgan fingerprint density at radius 3 is 2.88 bits per heavy atom. The second kappa shape index (κ2) is 7.10. The highest BCUT2D eigenvalue weighted by Crippen LogP contribution is 2.33. The second-order valence-corrected chi connectivity index (χ2v) is 5.59. The summed E-state index contributed by atoms with van der Waals surface area (Å²) in [7, 11) is 1.60. The summed E-state index contributed by atoms with van der Waals surface area (Å²) < 4.78 is 11.1. The van der Waals surface area contributed by atoms with Crippen LogP contribution in [0.25, 0.3) is 22.7 Å². The number of aryl methyl sites for hydroxylation is 1. The van der Waals surface area contributed by atoms with Crippen molar-refractivity contribution in [3.05, 3.63) is 53.3 Å². The largest absolute Gasteiger partial charge is 0.493 e. The summed E-state index contributed by atoms with van der Waals surface area (Å²) in [5.41, 5.74) is 4.08. The van der Waals surface area contributed by atoms with Crippen LogP contribution in [0.1, 0.15) is 23.9 Å². The molecule has 0 spiro atoms. The minimum absolute atomic E-state index is 0.433. The summed E-state index contributed by atoms with van der Waals surface area (Å²) in [6, 6.07) is 13.8. The third kappa shape index (κ3) is 3.33. The fourth-order valence-electron chi connectivity index (χ4n) is 2.67. The van der Waals surface area contributed by atoms with Gasteiger partial charge in [0.15, 0.2) is 11.5 Å². The van der Waals surface area contributed by atoms with E-state index in [1.807, 2.05) is 50.2 Å². The number of hydrogen-bond donors (Lipinski definition) is 1. The smallest absolute Gasteiger partial charge is 0.168 e. The molecule has 0 amide bonds. The molecule has 1 N–H and O–H groups in total. The molecule has 0 fully saturated rings. The van der Waals surface area contributed by atoms with E-state index in [0.717, 1.165) is 22.2 Å². The highest BCUT2D eigenvalue weighted by atomic mass is 16.5. The Labute approximate surface area is 146 Å². The van der Waals surface area contributed by atoms with Gasteiger partial charge in [-0.3, -0.25) is 0 Å². The number of nitrogens with zero attached hydrogens (tertiary/aromatic N) is 2. The van der Waals surface area contributed by atoms with Gasteiger partial charge in [-0.25, -0.2) is 4.98 Å². The quantitative estimate of drug-likeness (QED) is 0.705. The highest BCUT2D eigenvalue weighted by molar-refractivity contribution is 5.91. The number of allylic oxidation sites excluding steroid dienone is 1. The van der Waals surface area contributed by atoms with Crippen LogP contribution < -0.4 is 9.47 Å². The van der Waals surface area contributed by atoms with Crippen LogP contribution in [-0.4, -0.2) is 23.7 Å². The van der Waals surface area contributed by atoms with Crippen LogP contribution in [0.15, 0.2) is 36.4 Å². The number of para-hydroxylation sites is 1. The van der Waals surface area contributed by atoms with Gasteiger partial charge in [0.25, 0.3) is 0 Å². The zero-order valence-electron chi connectivity index (χ0n) is 14.5. The van der Waals surface area contributed by atoms with Crippen molar-refractivity contribution >= 4 is 22.7 Å². The number of rotatable bonds is 5. The van der Waals surface area contributed by atoms with Crippen LogP contribution in [0.3, 0.4) is 0 Å². The molecule has 0 radical (unpaired) electrons. The molecule has 2 aromatic carbocycles. The predicted octanol–water partition coefficient (Wildman–Crippen LogP) is 4.34. The van der Waals surface area contributed by atoms with Crippen molar-refractivity contribution < 1.29 is 9.47 Å². The number of aromatic nitrogens is 2. The van der Waals surface area contributed by atoms with Crippen molar-refractivity contribution in [1.29, 1.82) is 5.26 Å². The number of nitrogens with one attached hydrogen (secondary N) is 1. The Hall–Kier alpha value is -3.26. The van der Waals surface area contributed by atoms with E-state index in [1.54, 1.807) is 13.2 Å². The fourth-order valence-corrected chi connectivity index (χ4v) is 2.67. The molecule has 1 heterocycles. The van der Waals surface area contributed by atoms with Crippen molar-refractivity contribution in [1.82, 2.24) is 9.97 Å². The number of aromatic amines is 1. The number of methoxy groups -OCH3 is 1. The Morgan fingerprint density at radius 2 is 2.16 bits per heavy atom. The molecule has 0 saturated heterocycles. The van der Waals surface area contributed by atoms with Gasteiger partial charge >= 0.3 is 0 Å². The van der Waals surface area contributed by atoms with E-state index in [-0.39, 0.29) is 0 Å². The van der Waals surface area contributed by atoms with Crippen molar-refractivity contribution in [3.8, 4) is 17.6 Å². The molecule has 5 heteroatoms. The number of ether oxygens (including phenoxy) is 2. The molecular weight excluding hydrogens is 314 g/mol. The lowest BCUT2D eigenvalue weighted by Crippen LogP contribution is -1.98. The number of fused-ring (bicyclic) bond motifs is 1. The van der Waals surface area contributed by atoms with Crippen LogP contribution in [0, 0.1) is 18.3 Å². The first kappa shape index (κ1) is 16.6. The summed E-state index contributed by atoms with van der Waals surface area (Å²) in [5.74, 6) is 1.79. The highest BCUT2D eigenvalue weighted by Gasteiger charge is 2.12. The van der Waals surface area contributed by atoms with E-state index in [9.17, 15) is 5.26 Å². The van der Waals surface area contributed by atoms with Crippen molar-refractivity contribution in [3.63, 3.8) is 0 Å². The maximum atomic E-state index is 9.62. The average Bonchev–Trinajstić information content (AvgIpc) is 3.03. The maximum absolute atomic E-state index is 9.62. The van der Waals surface area contributed by atoms with Gasteiger partial charge in [0.2, 0.25) is 0 Å². The third-order valence-corrected chi connectivity index (χ3v) is 3.83. The Kier molecular flexibility index (Phi) is 4.71. The zero-order valence-corrected chi connectivity index (χ0v) is 14.5. The van der Waals surface area contributed by atoms with Gasteiger partial charge in [-0.2, -0.15) is 5.26 Å². The van der Waals surface area contributed by atoms with Gasteiger partial charge in [0.1, 0.15) is 11.9 Å². The van der Waals surface area contributed by atoms with Crippen molar-refractivity contribution in [2.75, 3.05) is 13.7 Å². The van der Waals surface area contributed by atoms with E-state index >= 15 is 0 Å². The first-order valence-corrected chi connectivity index (χ1v) is 8.04. The lowest BCUT2D eigenvalue weighted by atomic mass is 10.1. The number of imidazole rings is 1. The second-order valence-electron chi connectivity index (χ2n) is 5.59. The minimum atomic E-state index is 0.433. The van der Waals surface area contributed by atoms with Crippen LogP contribution in [0.4, 0.5) is 0 Å². The van der Waals surface area contributed by atoms with E-state index in [1.165, 1.54) is 0 Å². The summed E-state index contributed by atoms with van der Waals surface area (Å²) in [6.45, 7) is 4.44. The standard InChI is InChI=1S/C20H19N3O2/c1-4-25-19-14(6-5-7-18(19)24-3)11-15(12-21)20-22-16-9-8-13(2)10-17(16)23-20/h5-11H,4H2,1-3H3,(H,22,23)/b15-11-. The maximum Gasteiger partial charge on any atom is 0.168 e. The molecule has 0 unspecified atom stereocenters. The number of H-pyrrole nitrogens is 1. The Balaban J connectivity index is 2.10. The third-order valence-electron chi connectivity index (χ3n) is 3.83. The molecule has 0 aliphatic carbocycles. The summed E-state index contributed by atoms with van der Waals surface area (Å²) in [6.07, 6.45) is 1.76. The van der Waals surface area contributed by atoms with Gasteiger partial charge in [0.05, 0.1) is 30.3 Å². The summed E-state index contributed by atoms with van der Waals surface area (Å²) >= 11 is 0. The van der Waals surface area contributed by atoms with Gasteiger partial charge < -0.3 is 14.5 Å². The SMILES string of the molecule is CCOc1c(/C=C(/C#N)c2nc3ccc(C)cc3[nH]2)cccc1OC. The molecule has 1 aromatic heterocycles. The Bertz CT molecular complexity index is 980. The van der Waals surface area contributed by atoms with Gasteiger partial charge in [-0.05, 0) is 43.7 Å². The van der Waals surface area contributed by atoms with Crippen LogP contribution in [0.2, 0.25) is 0 Å². The molecule has 0 aliphatic rings. The lowest BCUT2D eigenvalue weighted by molar-refractivity contribution is 0.310. The minimum Gasteiger partial charge on any atom is -0.493 e. The Morgan fingerprint density at radius 1 is 1.32 bits per heavy atom. The number of hydrogen-bond acceptors (Lipinski definition) is 4. The summed E-state index contributed by atoms with van der Waals surface area (Å²) in [5, 5.41) is 9.62. The molecule has 3 aromatic rings. The van der Waals surface area contributed by atoms with E-state index in [4.69, 9.17) is 9.47 Å². The molecule has 3 rings (SSSR count).